The molecule has 0 saturated carbocycles. The van der Waals surface area contributed by atoms with Gasteiger partial charge in [0.2, 0.25) is 5.84 Å². The minimum Gasteiger partial charge on any atom is -0.345 e. The van der Waals surface area contributed by atoms with E-state index in [-0.39, 0.29) is 23.8 Å². The van der Waals surface area contributed by atoms with E-state index in [0.29, 0.717) is 26.9 Å². The fourth-order valence-corrected chi connectivity index (χ4v) is 4.45. The zero-order chi connectivity index (χ0) is 25.2. The number of nitrogens with zero attached hydrogens (tertiary/aromatic N) is 1. The van der Waals surface area contributed by atoms with Gasteiger partial charge in [0.25, 0.3) is 11.8 Å². The number of anilines is 1. The van der Waals surface area contributed by atoms with E-state index < -0.39 is 0 Å². The Morgan fingerprint density at radius 3 is 2.33 bits per heavy atom. The molecule has 0 saturated heterocycles. The Kier molecular flexibility index (Phi) is 6.74. The molecule has 0 bridgehead atoms. The zero-order valence-corrected chi connectivity index (χ0v) is 20.8. The number of nitrogens with two attached hydrogens (primary N) is 1. The van der Waals surface area contributed by atoms with Crippen molar-refractivity contribution < 1.29 is 14.9 Å². The molecular weight excluding hydrogens is 495 g/mol. The van der Waals surface area contributed by atoms with Crippen molar-refractivity contribution in [1.82, 2.24) is 5.32 Å². The molecule has 8 heteroatoms. The van der Waals surface area contributed by atoms with Gasteiger partial charge in [0.15, 0.2) is 5.70 Å². The maximum atomic E-state index is 12.7. The summed E-state index contributed by atoms with van der Waals surface area (Å²) in [5.41, 5.74) is 4.54. The topological polar surface area (TPSA) is 87.2 Å². The van der Waals surface area contributed by atoms with E-state index in [1.54, 1.807) is 48.5 Å². The van der Waals surface area contributed by atoms with Crippen LogP contribution in [0.2, 0.25) is 10.0 Å². The maximum absolute atomic E-state index is 12.7. The molecule has 3 aromatic rings. The smallest absolute Gasteiger partial charge is 0.255 e. The van der Waals surface area contributed by atoms with Crippen molar-refractivity contribution in [3.8, 4) is 0 Å². The number of rotatable bonds is 5. The number of nitrogens with one attached hydrogen (secondary N) is 2. The molecule has 6 nitrogen and oxygen atoms in total. The van der Waals surface area contributed by atoms with Crippen molar-refractivity contribution in [3.05, 3.63) is 123 Å². The van der Waals surface area contributed by atoms with Crippen LogP contribution in [0.15, 0.2) is 101 Å². The van der Waals surface area contributed by atoms with E-state index in [2.05, 4.69) is 23.6 Å². The van der Waals surface area contributed by atoms with E-state index in [1.165, 1.54) is 0 Å². The van der Waals surface area contributed by atoms with Gasteiger partial charge in [-0.3, -0.25) is 14.9 Å². The van der Waals surface area contributed by atoms with Crippen LogP contribution in [0.3, 0.4) is 0 Å². The van der Waals surface area contributed by atoms with E-state index >= 15 is 0 Å². The SMILES string of the molecule is CC1C=C2[NH2+]C(c3ccc(NC(=O)c4cccc(Cl)c4)cc3)=NC2=CC1NC(=O)c1ccc(Cl)cc1. The summed E-state index contributed by atoms with van der Waals surface area (Å²) in [6, 6.07) is 21.0. The van der Waals surface area contributed by atoms with Crippen molar-refractivity contribution in [2.75, 3.05) is 5.32 Å². The lowest BCUT2D eigenvalue weighted by molar-refractivity contribution is -0.473. The number of benzene rings is 3. The van der Waals surface area contributed by atoms with Gasteiger partial charge in [0.05, 0.1) is 11.6 Å². The average Bonchev–Trinajstić information content (AvgIpc) is 3.27. The molecule has 2 aliphatic rings. The summed E-state index contributed by atoms with van der Waals surface area (Å²) in [4.78, 5) is 29.9. The fourth-order valence-electron chi connectivity index (χ4n) is 4.14. The highest BCUT2D eigenvalue weighted by atomic mass is 35.5. The van der Waals surface area contributed by atoms with Crippen LogP contribution in [0, 0.1) is 5.92 Å². The molecule has 1 aliphatic heterocycles. The van der Waals surface area contributed by atoms with Crippen molar-refractivity contribution in [2.45, 2.75) is 13.0 Å². The highest BCUT2D eigenvalue weighted by Gasteiger charge is 2.31. The van der Waals surface area contributed by atoms with Crippen molar-refractivity contribution in [3.63, 3.8) is 0 Å². The second-order valence-corrected chi connectivity index (χ2v) is 9.60. The van der Waals surface area contributed by atoms with Gasteiger partial charge < -0.3 is 10.6 Å². The van der Waals surface area contributed by atoms with Crippen LogP contribution >= 0.6 is 23.2 Å². The van der Waals surface area contributed by atoms with Gasteiger partial charge in [0, 0.05) is 32.8 Å². The molecule has 180 valence electrons. The third kappa shape index (κ3) is 5.26. The van der Waals surface area contributed by atoms with E-state index in [4.69, 9.17) is 28.2 Å². The summed E-state index contributed by atoms with van der Waals surface area (Å²) in [6.07, 6.45) is 4.12. The predicted molar refractivity (Wildman–Crippen MR) is 142 cm³/mol. The van der Waals surface area contributed by atoms with Crippen LogP contribution in [-0.4, -0.2) is 23.7 Å². The Hall–Kier alpha value is -3.71. The molecule has 2 amide bonds. The third-order valence-electron chi connectivity index (χ3n) is 6.10. The minimum atomic E-state index is -0.225. The molecule has 2 unspecified atom stereocenters. The first-order valence-electron chi connectivity index (χ1n) is 11.5. The molecule has 2 atom stereocenters. The largest absolute Gasteiger partial charge is 0.345 e. The lowest BCUT2D eigenvalue weighted by atomic mass is 9.94. The number of carbonyl (C=O) groups excluding carboxylic acids is 2. The molecule has 5 rings (SSSR count). The summed E-state index contributed by atoms with van der Waals surface area (Å²) in [7, 11) is 0. The minimum absolute atomic E-state index is 0.106. The second kappa shape index (κ2) is 10.1. The number of carbonyl (C=O) groups is 2. The lowest BCUT2D eigenvalue weighted by Crippen LogP contribution is -2.84. The summed E-state index contributed by atoms with van der Waals surface area (Å²) < 4.78 is 0. The average molecular weight is 518 g/mol. The molecular formula is C28H23Cl2N4O2+. The number of aliphatic imine (C=N–C) groups is 1. The number of hydrogen-bond donors (Lipinski definition) is 3. The number of quaternary nitrogens is 1. The summed E-state index contributed by atoms with van der Waals surface area (Å²) in [6.45, 7) is 2.07. The summed E-state index contributed by atoms with van der Waals surface area (Å²) in [5, 5.41) is 9.10. The van der Waals surface area contributed by atoms with Crippen LogP contribution in [0.5, 0.6) is 0 Å². The number of amides is 2. The Labute approximate surface area is 218 Å². The highest BCUT2D eigenvalue weighted by Crippen LogP contribution is 2.24. The molecule has 36 heavy (non-hydrogen) atoms. The molecule has 1 heterocycles. The van der Waals surface area contributed by atoms with Crippen LogP contribution in [-0.2, 0) is 0 Å². The van der Waals surface area contributed by atoms with Crippen molar-refractivity contribution >= 4 is 46.5 Å². The first kappa shape index (κ1) is 24.0. The Morgan fingerprint density at radius 2 is 1.61 bits per heavy atom. The molecule has 3 aromatic carbocycles. The summed E-state index contributed by atoms with van der Waals surface area (Å²) in [5.74, 6) is 0.558. The molecule has 1 aliphatic carbocycles. The molecule has 4 N–H and O–H groups in total. The van der Waals surface area contributed by atoms with Crippen molar-refractivity contribution in [2.24, 2.45) is 10.9 Å². The number of amidine groups is 1. The monoisotopic (exact) mass is 517 g/mol. The Balaban J connectivity index is 1.27. The van der Waals surface area contributed by atoms with E-state index in [0.717, 1.165) is 22.8 Å². The van der Waals surface area contributed by atoms with Gasteiger partial charge in [-0.2, -0.15) is 4.99 Å². The molecule has 0 aromatic heterocycles. The van der Waals surface area contributed by atoms with Gasteiger partial charge in [-0.05, 0) is 78.9 Å². The number of hydrogen-bond acceptors (Lipinski definition) is 3. The van der Waals surface area contributed by atoms with Crippen LogP contribution < -0.4 is 16.0 Å². The van der Waals surface area contributed by atoms with E-state index in [1.807, 2.05) is 35.7 Å². The van der Waals surface area contributed by atoms with Gasteiger partial charge in [-0.1, -0.05) is 36.2 Å². The second-order valence-electron chi connectivity index (χ2n) is 8.72. The highest BCUT2D eigenvalue weighted by molar-refractivity contribution is 6.31. The van der Waals surface area contributed by atoms with Gasteiger partial charge in [-0.25, -0.2) is 0 Å². The predicted octanol–water partition coefficient (Wildman–Crippen LogP) is 4.79. The van der Waals surface area contributed by atoms with E-state index in [9.17, 15) is 9.59 Å². The van der Waals surface area contributed by atoms with Gasteiger partial charge >= 0.3 is 0 Å². The first-order valence-corrected chi connectivity index (χ1v) is 12.2. The standard InChI is InChI=1S/C28H22Cl2N4O2/c1-16-13-24-25(15-23(16)34-27(35)18-5-9-20(29)10-6-18)33-26(32-24)17-7-11-22(12-8-17)31-28(36)19-3-2-4-21(30)14-19/h2-16,23H,1H3,(H,31,36)(H,32,33)(H,34,35)/p+1. The molecule has 0 fully saturated rings. The van der Waals surface area contributed by atoms with Crippen LogP contribution in [0.1, 0.15) is 33.2 Å². The quantitative estimate of drug-likeness (QED) is 0.454. The Morgan fingerprint density at radius 1 is 0.861 bits per heavy atom. The Bertz CT molecular complexity index is 1430. The van der Waals surface area contributed by atoms with Crippen molar-refractivity contribution in [1.29, 1.82) is 0 Å². The third-order valence-corrected chi connectivity index (χ3v) is 6.59. The zero-order valence-electron chi connectivity index (χ0n) is 19.3. The fraction of sp³-hybridized carbons (Fsp3) is 0.107. The van der Waals surface area contributed by atoms with Gasteiger partial charge in [-0.15, -0.1) is 0 Å². The summed E-state index contributed by atoms with van der Waals surface area (Å²) >= 11 is 11.9. The maximum Gasteiger partial charge on any atom is 0.255 e. The number of halogens is 2. The first-order chi connectivity index (χ1) is 17.4. The lowest BCUT2D eigenvalue weighted by Gasteiger charge is -2.23. The molecule has 0 radical (unpaired) electrons. The molecule has 0 spiro atoms. The van der Waals surface area contributed by atoms with Crippen LogP contribution in [0.25, 0.3) is 0 Å². The number of fused-ring (bicyclic) bond motifs is 1. The normalized spacial score (nSPS) is 18.5. The van der Waals surface area contributed by atoms with Gasteiger partial charge in [0.1, 0.15) is 5.70 Å². The van der Waals surface area contributed by atoms with Crippen LogP contribution in [0.4, 0.5) is 5.69 Å².